The van der Waals surface area contributed by atoms with E-state index in [1.807, 2.05) is 55.5 Å². The Bertz CT molecular complexity index is 1340. The molecule has 0 atom stereocenters. The van der Waals surface area contributed by atoms with Crippen LogP contribution >= 0.6 is 11.8 Å². The van der Waals surface area contributed by atoms with Crippen LogP contribution < -0.4 is 0 Å². The number of benzene rings is 2. The monoisotopic (exact) mass is 440 g/mol. The molecule has 0 unspecified atom stereocenters. The number of hydrogen-bond acceptors (Lipinski definition) is 7. The number of thioether (sulfide) groups is 1. The van der Waals surface area contributed by atoms with Gasteiger partial charge in [0.15, 0.2) is 11.0 Å². The van der Waals surface area contributed by atoms with Crippen molar-refractivity contribution in [3.8, 4) is 28.5 Å². The predicted octanol–water partition coefficient (Wildman–Crippen LogP) is 5.29. The molecule has 0 saturated carbocycles. The molecule has 158 valence electrons. The predicted molar refractivity (Wildman–Crippen MR) is 123 cm³/mol. The summed E-state index contributed by atoms with van der Waals surface area (Å²) in [4.78, 5) is 4.12. The van der Waals surface area contributed by atoms with Crippen molar-refractivity contribution in [2.75, 3.05) is 0 Å². The number of aromatic nitrogens is 6. The van der Waals surface area contributed by atoms with Gasteiger partial charge in [0.25, 0.3) is 0 Å². The largest absolute Gasteiger partial charge is 0.420 e. The smallest absolute Gasteiger partial charge is 0.247 e. The van der Waals surface area contributed by atoms with E-state index in [-0.39, 0.29) is 0 Å². The average Bonchev–Trinajstić information content (AvgIpc) is 3.46. The molecule has 0 N–H and O–H groups in total. The molecule has 0 saturated heterocycles. The molecular weight excluding hydrogens is 420 g/mol. The maximum absolute atomic E-state index is 5.88. The van der Waals surface area contributed by atoms with Crippen LogP contribution in [0.3, 0.4) is 0 Å². The number of nitrogens with zero attached hydrogens (tertiary/aromatic N) is 6. The molecule has 2 aromatic carbocycles. The molecule has 7 nitrogen and oxygen atoms in total. The number of aryl methyl sites for hydroxylation is 2. The lowest BCUT2D eigenvalue weighted by Gasteiger charge is -2.12. The van der Waals surface area contributed by atoms with Crippen LogP contribution in [0.25, 0.3) is 28.5 Å². The van der Waals surface area contributed by atoms with E-state index in [9.17, 15) is 0 Å². The highest BCUT2D eigenvalue weighted by atomic mass is 32.2. The van der Waals surface area contributed by atoms with Crippen LogP contribution in [0.1, 0.15) is 17.0 Å². The van der Waals surface area contributed by atoms with Crippen LogP contribution in [-0.4, -0.2) is 29.9 Å². The van der Waals surface area contributed by atoms with Crippen molar-refractivity contribution < 1.29 is 4.42 Å². The molecule has 0 amide bonds. The molecule has 32 heavy (non-hydrogen) atoms. The Labute approximate surface area is 189 Å². The molecule has 0 aliphatic heterocycles. The van der Waals surface area contributed by atoms with E-state index in [0.29, 0.717) is 17.5 Å². The van der Waals surface area contributed by atoms with E-state index in [1.165, 1.54) is 17.3 Å². The highest BCUT2D eigenvalue weighted by Gasteiger charge is 2.18. The van der Waals surface area contributed by atoms with Crippen LogP contribution in [0.5, 0.6) is 0 Å². The standard InChI is InChI=1S/C24H20N6OS/c1-16-7-9-19(10-8-16)23-28-26-21(31-23)15-32-24-29-27-22(18-11-13-25-14-12-18)30(24)20-6-4-3-5-17(20)2/h3-14H,15H2,1-2H3. The quantitative estimate of drug-likeness (QED) is 0.332. The summed E-state index contributed by atoms with van der Waals surface area (Å²) in [5.74, 6) is 2.29. The molecular formula is C24H20N6OS. The molecule has 3 aromatic heterocycles. The zero-order valence-electron chi connectivity index (χ0n) is 17.6. The van der Waals surface area contributed by atoms with E-state index in [1.54, 1.807) is 12.4 Å². The summed E-state index contributed by atoms with van der Waals surface area (Å²) in [7, 11) is 0. The first-order valence-electron chi connectivity index (χ1n) is 10.1. The third-order valence-electron chi connectivity index (χ3n) is 5.02. The van der Waals surface area contributed by atoms with Gasteiger partial charge in [-0.05, 0) is 49.7 Å². The van der Waals surface area contributed by atoms with E-state index < -0.39 is 0 Å². The van der Waals surface area contributed by atoms with Crippen molar-refractivity contribution in [3.63, 3.8) is 0 Å². The lowest BCUT2D eigenvalue weighted by atomic mass is 10.1. The number of pyridine rings is 1. The molecule has 0 radical (unpaired) electrons. The summed E-state index contributed by atoms with van der Waals surface area (Å²) in [6, 6.07) is 20.1. The minimum Gasteiger partial charge on any atom is -0.420 e. The topological polar surface area (TPSA) is 82.5 Å². The van der Waals surface area contributed by atoms with E-state index >= 15 is 0 Å². The molecule has 5 aromatic rings. The van der Waals surface area contributed by atoms with Gasteiger partial charge in [-0.2, -0.15) is 0 Å². The van der Waals surface area contributed by atoms with Gasteiger partial charge in [-0.25, -0.2) is 0 Å². The van der Waals surface area contributed by atoms with Crippen molar-refractivity contribution >= 4 is 11.8 Å². The molecule has 3 heterocycles. The second-order valence-corrected chi connectivity index (χ2v) is 8.26. The van der Waals surface area contributed by atoms with Crippen molar-refractivity contribution in [1.29, 1.82) is 0 Å². The van der Waals surface area contributed by atoms with Gasteiger partial charge in [-0.3, -0.25) is 9.55 Å². The maximum Gasteiger partial charge on any atom is 0.247 e. The Morgan fingerprint density at radius 2 is 1.59 bits per heavy atom. The zero-order chi connectivity index (χ0) is 21.9. The Morgan fingerprint density at radius 1 is 0.812 bits per heavy atom. The van der Waals surface area contributed by atoms with Crippen molar-refractivity contribution in [1.82, 2.24) is 29.9 Å². The number of para-hydroxylation sites is 1. The van der Waals surface area contributed by atoms with Gasteiger partial charge in [0.1, 0.15) is 0 Å². The molecule has 8 heteroatoms. The van der Waals surface area contributed by atoms with Gasteiger partial charge in [-0.15, -0.1) is 20.4 Å². The first-order valence-corrected chi connectivity index (χ1v) is 11.1. The fraction of sp³-hybridized carbons (Fsp3) is 0.125. The third kappa shape index (κ3) is 4.04. The summed E-state index contributed by atoms with van der Waals surface area (Å²) in [6.07, 6.45) is 3.51. The lowest BCUT2D eigenvalue weighted by molar-refractivity contribution is 0.528. The van der Waals surface area contributed by atoms with Crippen LogP contribution in [0.4, 0.5) is 0 Å². The highest BCUT2D eigenvalue weighted by molar-refractivity contribution is 7.98. The van der Waals surface area contributed by atoms with Gasteiger partial charge in [-0.1, -0.05) is 47.7 Å². The summed E-state index contributed by atoms with van der Waals surface area (Å²) >= 11 is 1.51. The lowest BCUT2D eigenvalue weighted by Crippen LogP contribution is -2.02. The van der Waals surface area contributed by atoms with E-state index in [0.717, 1.165) is 33.4 Å². The van der Waals surface area contributed by atoms with Crippen molar-refractivity contribution in [2.45, 2.75) is 24.8 Å². The van der Waals surface area contributed by atoms with E-state index in [4.69, 9.17) is 4.42 Å². The summed E-state index contributed by atoms with van der Waals surface area (Å²) in [5.41, 5.74) is 5.19. The number of hydrogen-bond donors (Lipinski definition) is 0. The second-order valence-electron chi connectivity index (χ2n) is 7.32. The maximum atomic E-state index is 5.88. The van der Waals surface area contributed by atoms with Crippen LogP contribution in [0.2, 0.25) is 0 Å². The molecule has 0 spiro atoms. The van der Waals surface area contributed by atoms with Gasteiger partial charge < -0.3 is 4.42 Å². The molecule has 0 bridgehead atoms. The summed E-state index contributed by atoms with van der Waals surface area (Å²) < 4.78 is 7.95. The van der Waals surface area contributed by atoms with Gasteiger partial charge >= 0.3 is 0 Å². The van der Waals surface area contributed by atoms with Crippen LogP contribution in [0.15, 0.2) is 82.6 Å². The van der Waals surface area contributed by atoms with Crippen LogP contribution in [0, 0.1) is 13.8 Å². The van der Waals surface area contributed by atoms with Crippen LogP contribution in [-0.2, 0) is 5.75 Å². The highest BCUT2D eigenvalue weighted by Crippen LogP contribution is 2.31. The SMILES string of the molecule is Cc1ccc(-c2nnc(CSc3nnc(-c4ccncc4)n3-c3ccccc3C)o2)cc1. The Balaban J connectivity index is 1.45. The Kier molecular flexibility index (Phi) is 5.51. The van der Waals surface area contributed by atoms with Gasteiger partial charge in [0, 0.05) is 23.5 Å². The number of rotatable bonds is 6. The molecule has 0 aliphatic carbocycles. The van der Waals surface area contributed by atoms with E-state index in [2.05, 4.69) is 49.0 Å². The normalized spacial score (nSPS) is 11.1. The minimum atomic E-state index is 0.485. The average molecular weight is 441 g/mol. The summed E-state index contributed by atoms with van der Waals surface area (Å²) in [6.45, 7) is 4.12. The second kappa shape index (κ2) is 8.76. The first kappa shape index (κ1) is 20.1. The fourth-order valence-corrected chi connectivity index (χ4v) is 4.12. The third-order valence-corrected chi connectivity index (χ3v) is 5.93. The first-order chi connectivity index (χ1) is 15.7. The Hall–Kier alpha value is -3.78. The fourth-order valence-electron chi connectivity index (χ4n) is 3.33. The molecule has 0 aliphatic rings. The minimum absolute atomic E-state index is 0.485. The Morgan fingerprint density at radius 3 is 2.38 bits per heavy atom. The van der Waals surface area contributed by atoms with Gasteiger partial charge in [0.05, 0.1) is 11.4 Å². The zero-order valence-corrected chi connectivity index (χ0v) is 18.5. The van der Waals surface area contributed by atoms with Crippen molar-refractivity contribution in [3.05, 3.63) is 90.1 Å². The molecule has 5 rings (SSSR count). The van der Waals surface area contributed by atoms with Gasteiger partial charge in [0.2, 0.25) is 11.8 Å². The summed E-state index contributed by atoms with van der Waals surface area (Å²) in [5, 5.41) is 18.1. The molecule has 0 fully saturated rings. The van der Waals surface area contributed by atoms with Crippen molar-refractivity contribution in [2.24, 2.45) is 0 Å².